The summed E-state index contributed by atoms with van der Waals surface area (Å²) in [5.41, 5.74) is 0. The van der Waals surface area contributed by atoms with Gasteiger partial charge in [-0.05, 0) is 24.7 Å². The van der Waals surface area contributed by atoms with Crippen molar-refractivity contribution in [1.29, 1.82) is 5.26 Å². The summed E-state index contributed by atoms with van der Waals surface area (Å²) in [5, 5.41) is 9.08. The van der Waals surface area contributed by atoms with Crippen molar-refractivity contribution in [2.24, 2.45) is 11.8 Å². The molecule has 0 aromatic heterocycles. The van der Waals surface area contributed by atoms with E-state index in [1.165, 1.54) is 19.3 Å². The molecule has 3 unspecified atom stereocenters. The monoisotopic (exact) mass is 192 g/mol. The molecule has 2 rings (SSSR count). The highest BCUT2D eigenvalue weighted by Crippen LogP contribution is 2.40. The van der Waals surface area contributed by atoms with Gasteiger partial charge in [0.05, 0.1) is 6.07 Å². The first-order valence-corrected chi connectivity index (χ1v) is 5.41. The third-order valence-electron chi connectivity index (χ3n) is 3.68. The molecule has 3 atom stereocenters. The molecule has 0 spiro atoms. The first kappa shape index (κ1) is 9.51. The number of amides is 1. The smallest absolute Gasteiger partial charge is 0.220 e. The van der Waals surface area contributed by atoms with Crippen molar-refractivity contribution >= 4 is 5.91 Å². The zero-order valence-corrected chi connectivity index (χ0v) is 8.57. The topological polar surface area (TPSA) is 44.1 Å². The highest BCUT2D eigenvalue weighted by molar-refractivity contribution is 5.74. The van der Waals surface area contributed by atoms with Gasteiger partial charge in [0.1, 0.15) is 6.04 Å². The summed E-state index contributed by atoms with van der Waals surface area (Å²) in [6.07, 6.45) is 4.83. The molecule has 1 aliphatic carbocycles. The molecule has 1 aliphatic heterocycles. The van der Waals surface area contributed by atoms with Crippen LogP contribution < -0.4 is 0 Å². The minimum Gasteiger partial charge on any atom is -0.326 e. The molecule has 1 saturated heterocycles. The Morgan fingerprint density at radius 3 is 2.79 bits per heavy atom. The zero-order chi connectivity index (χ0) is 10.1. The van der Waals surface area contributed by atoms with E-state index in [1.54, 1.807) is 11.8 Å². The number of nitrogens with zero attached hydrogens (tertiary/aromatic N) is 2. The van der Waals surface area contributed by atoms with E-state index >= 15 is 0 Å². The molecule has 2 fully saturated rings. The summed E-state index contributed by atoms with van der Waals surface area (Å²) in [5.74, 6) is 1.11. The number of hydrogen-bond acceptors (Lipinski definition) is 2. The lowest BCUT2D eigenvalue weighted by molar-refractivity contribution is -0.129. The summed E-state index contributed by atoms with van der Waals surface area (Å²) in [4.78, 5) is 13.1. The summed E-state index contributed by atoms with van der Waals surface area (Å²) in [6, 6.07) is 2.16. The molecular formula is C11H16N2O. The molecule has 3 heteroatoms. The fourth-order valence-electron chi connectivity index (χ4n) is 2.97. The third kappa shape index (κ3) is 1.39. The second kappa shape index (κ2) is 3.61. The Morgan fingerprint density at radius 1 is 1.43 bits per heavy atom. The molecule has 76 valence electrons. The van der Waals surface area contributed by atoms with Crippen LogP contribution in [0, 0.1) is 23.2 Å². The summed E-state index contributed by atoms with van der Waals surface area (Å²) in [6.45, 7) is 2.39. The van der Waals surface area contributed by atoms with Crippen molar-refractivity contribution in [2.45, 2.75) is 38.6 Å². The quantitative estimate of drug-likeness (QED) is 0.584. The van der Waals surface area contributed by atoms with Crippen LogP contribution in [0.4, 0.5) is 0 Å². The predicted octanol–water partition coefficient (Wildman–Crippen LogP) is 1.55. The first-order valence-electron chi connectivity index (χ1n) is 5.41. The lowest BCUT2D eigenvalue weighted by Gasteiger charge is -2.25. The van der Waals surface area contributed by atoms with E-state index in [-0.39, 0.29) is 11.9 Å². The second-order valence-corrected chi connectivity index (χ2v) is 4.45. The average Bonchev–Trinajstić information content (AvgIpc) is 2.56. The van der Waals surface area contributed by atoms with Gasteiger partial charge in [0.15, 0.2) is 0 Å². The minimum atomic E-state index is -0.141. The van der Waals surface area contributed by atoms with Crippen molar-refractivity contribution in [3.63, 3.8) is 0 Å². The van der Waals surface area contributed by atoms with Gasteiger partial charge < -0.3 is 4.90 Å². The van der Waals surface area contributed by atoms with Crippen molar-refractivity contribution in [1.82, 2.24) is 4.90 Å². The largest absolute Gasteiger partial charge is 0.326 e. The number of carbonyl (C=O) groups excluding carboxylic acids is 1. The number of fused-ring (bicyclic) bond motifs is 1. The van der Waals surface area contributed by atoms with Crippen molar-refractivity contribution in [3.8, 4) is 6.07 Å². The summed E-state index contributed by atoms with van der Waals surface area (Å²) < 4.78 is 0. The standard InChI is InChI=1S/C11H16N2O/c1-8(14)13-7-9-4-2-3-5-10(9)11(13)6-12/h9-11H,2-5,7H2,1H3. The molecular weight excluding hydrogens is 176 g/mol. The Morgan fingerprint density at radius 2 is 2.14 bits per heavy atom. The van der Waals surface area contributed by atoms with Crippen LogP contribution in [0.2, 0.25) is 0 Å². The number of nitriles is 1. The van der Waals surface area contributed by atoms with E-state index in [4.69, 9.17) is 5.26 Å². The Labute approximate surface area is 84.7 Å². The lowest BCUT2D eigenvalue weighted by atomic mass is 9.79. The maximum absolute atomic E-state index is 11.3. The maximum atomic E-state index is 11.3. The van der Waals surface area contributed by atoms with E-state index in [2.05, 4.69) is 6.07 Å². The van der Waals surface area contributed by atoms with Gasteiger partial charge in [0, 0.05) is 13.5 Å². The normalized spacial score (nSPS) is 36.3. The molecule has 0 radical (unpaired) electrons. The van der Waals surface area contributed by atoms with Gasteiger partial charge in [0.2, 0.25) is 5.91 Å². The van der Waals surface area contributed by atoms with Crippen LogP contribution in [0.3, 0.4) is 0 Å². The van der Waals surface area contributed by atoms with Crippen LogP contribution in [0.25, 0.3) is 0 Å². The van der Waals surface area contributed by atoms with Crippen molar-refractivity contribution in [2.75, 3.05) is 6.54 Å². The minimum absolute atomic E-state index is 0.0611. The predicted molar refractivity (Wildman–Crippen MR) is 52.2 cm³/mol. The average molecular weight is 192 g/mol. The molecule has 1 heterocycles. The highest BCUT2D eigenvalue weighted by Gasteiger charge is 2.43. The summed E-state index contributed by atoms with van der Waals surface area (Å²) >= 11 is 0. The summed E-state index contributed by atoms with van der Waals surface area (Å²) in [7, 11) is 0. The molecule has 3 nitrogen and oxygen atoms in total. The van der Waals surface area contributed by atoms with Gasteiger partial charge in [-0.15, -0.1) is 0 Å². The van der Waals surface area contributed by atoms with Gasteiger partial charge in [-0.1, -0.05) is 12.8 Å². The number of carbonyl (C=O) groups is 1. The first-order chi connectivity index (χ1) is 6.74. The lowest BCUT2D eigenvalue weighted by Crippen LogP contribution is -2.35. The van der Waals surface area contributed by atoms with Gasteiger partial charge in [-0.2, -0.15) is 5.26 Å². The van der Waals surface area contributed by atoms with Crippen molar-refractivity contribution in [3.05, 3.63) is 0 Å². The van der Waals surface area contributed by atoms with Crippen LogP contribution in [0.1, 0.15) is 32.6 Å². The number of hydrogen-bond donors (Lipinski definition) is 0. The molecule has 2 aliphatic rings. The fourth-order valence-corrected chi connectivity index (χ4v) is 2.97. The molecule has 0 bridgehead atoms. The Kier molecular flexibility index (Phi) is 2.45. The SMILES string of the molecule is CC(=O)N1CC2CCCCC2C1C#N. The second-order valence-electron chi connectivity index (χ2n) is 4.45. The third-order valence-corrected chi connectivity index (χ3v) is 3.68. The van der Waals surface area contributed by atoms with Gasteiger partial charge in [0.25, 0.3) is 0 Å². The number of rotatable bonds is 0. The Bertz CT molecular complexity index is 282. The van der Waals surface area contributed by atoms with E-state index in [0.717, 1.165) is 13.0 Å². The fraction of sp³-hybridized carbons (Fsp3) is 0.818. The van der Waals surface area contributed by atoms with E-state index in [0.29, 0.717) is 11.8 Å². The van der Waals surface area contributed by atoms with Crippen LogP contribution in [0.15, 0.2) is 0 Å². The van der Waals surface area contributed by atoms with Crippen LogP contribution in [-0.4, -0.2) is 23.4 Å². The Hall–Kier alpha value is -1.04. The number of likely N-dealkylation sites (tertiary alicyclic amines) is 1. The molecule has 0 aromatic carbocycles. The molecule has 0 aromatic rings. The Balaban J connectivity index is 2.17. The van der Waals surface area contributed by atoms with E-state index < -0.39 is 0 Å². The molecule has 0 N–H and O–H groups in total. The van der Waals surface area contributed by atoms with E-state index in [9.17, 15) is 4.79 Å². The zero-order valence-electron chi connectivity index (χ0n) is 8.57. The molecule has 1 saturated carbocycles. The van der Waals surface area contributed by atoms with E-state index in [1.807, 2.05) is 0 Å². The van der Waals surface area contributed by atoms with Crippen LogP contribution in [-0.2, 0) is 4.79 Å². The van der Waals surface area contributed by atoms with Crippen molar-refractivity contribution < 1.29 is 4.79 Å². The molecule has 14 heavy (non-hydrogen) atoms. The van der Waals surface area contributed by atoms with Crippen LogP contribution in [0.5, 0.6) is 0 Å². The maximum Gasteiger partial charge on any atom is 0.220 e. The van der Waals surface area contributed by atoms with Gasteiger partial charge >= 0.3 is 0 Å². The van der Waals surface area contributed by atoms with Gasteiger partial charge in [-0.3, -0.25) is 4.79 Å². The van der Waals surface area contributed by atoms with Gasteiger partial charge in [-0.25, -0.2) is 0 Å². The molecule has 1 amide bonds. The van der Waals surface area contributed by atoms with Crippen LogP contribution >= 0.6 is 0 Å². The highest BCUT2D eigenvalue weighted by atomic mass is 16.2.